The number of phenols is 1. The number of rotatable bonds is 9. The minimum Gasteiger partial charge on any atom is -0.508 e. The van der Waals surface area contributed by atoms with Gasteiger partial charge in [-0.3, -0.25) is 4.79 Å². The Labute approximate surface area is 167 Å². The van der Waals surface area contributed by atoms with Gasteiger partial charge in [0.1, 0.15) is 17.2 Å². The summed E-state index contributed by atoms with van der Waals surface area (Å²) in [5, 5.41) is 9.38. The van der Waals surface area contributed by atoms with Crippen LogP contribution in [0, 0.1) is 0 Å². The molecule has 2 aromatic rings. The molecule has 0 heterocycles. The van der Waals surface area contributed by atoms with E-state index in [1.807, 2.05) is 32.1 Å². The Morgan fingerprint density at radius 1 is 1.07 bits per heavy atom. The van der Waals surface area contributed by atoms with Gasteiger partial charge in [0.2, 0.25) is 0 Å². The third-order valence-electron chi connectivity index (χ3n) is 4.48. The number of phenolic OH excluding ortho intramolecular Hbond substituents is 1. The highest BCUT2D eigenvalue weighted by Crippen LogP contribution is 2.38. The van der Waals surface area contributed by atoms with Gasteiger partial charge in [0.05, 0.1) is 13.2 Å². The Morgan fingerprint density at radius 3 is 2.25 bits per heavy atom. The maximum Gasteiger partial charge on any atom is 0.185 e. The Morgan fingerprint density at radius 2 is 1.68 bits per heavy atom. The van der Waals surface area contributed by atoms with E-state index in [9.17, 15) is 9.90 Å². The minimum atomic E-state index is -0.307. The number of ether oxygens (including phenoxy) is 2. The van der Waals surface area contributed by atoms with E-state index in [0.717, 1.165) is 16.9 Å². The summed E-state index contributed by atoms with van der Waals surface area (Å²) in [4.78, 5) is 12.5. The first-order valence-electron chi connectivity index (χ1n) is 9.41. The van der Waals surface area contributed by atoms with Crippen molar-refractivity contribution in [2.24, 2.45) is 0 Å². The van der Waals surface area contributed by atoms with Gasteiger partial charge < -0.3 is 14.6 Å². The molecule has 0 fully saturated rings. The van der Waals surface area contributed by atoms with Crippen molar-refractivity contribution in [2.45, 2.75) is 33.1 Å². The van der Waals surface area contributed by atoms with Gasteiger partial charge >= 0.3 is 0 Å². The van der Waals surface area contributed by atoms with Gasteiger partial charge in [-0.25, -0.2) is 0 Å². The molecule has 0 aliphatic heterocycles. The first-order valence-corrected chi connectivity index (χ1v) is 9.41. The Kier molecular flexibility index (Phi) is 7.05. The summed E-state index contributed by atoms with van der Waals surface area (Å²) < 4.78 is 11.6. The molecule has 0 unspecified atom stereocenters. The summed E-state index contributed by atoms with van der Waals surface area (Å²) in [6.07, 6.45) is 5.13. The molecule has 0 aliphatic rings. The third kappa shape index (κ3) is 5.03. The number of carbonyl (C=O) groups excluding carboxylic acids is 1. The molecule has 0 amide bonds. The van der Waals surface area contributed by atoms with Crippen molar-refractivity contribution in [3.05, 3.63) is 71.8 Å². The van der Waals surface area contributed by atoms with E-state index in [4.69, 9.17) is 9.47 Å². The van der Waals surface area contributed by atoms with E-state index in [1.54, 1.807) is 18.2 Å². The van der Waals surface area contributed by atoms with Crippen molar-refractivity contribution in [1.29, 1.82) is 0 Å². The quantitative estimate of drug-likeness (QED) is 0.352. The van der Waals surface area contributed by atoms with Gasteiger partial charge in [-0.1, -0.05) is 19.9 Å². The molecule has 0 spiro atoms. The normalized spacial score (nSPS) is 11.4. The van der Waals surface area contributed by atoms with Crippen LogP contribution in [0.5, 0.6) is 17.2 Å². The van der Waals surface area contributed by atoms with Crippen molar-refractivity contribution in [2.75, 3.05) is 13.2 Å². The van der Waals surface area contributed by atoms with E-state index in [1.165, 1.54) is 18.2 Å². The number of hydrogen-bond acceptors (Lipinski definition) is 4. The molecule has 1 N–H and O–H groups in total. The van der Waals surface area contributed by atoms with Gasteiger partial charge in [-0.2, -0.15) is 0 Å². The zero-order valence-electron chi connectivity index (χ0n) is 17.0. The predicted molar refractivity (Wildman–Crippen MR) is 113 cm³/mol. The molecule has 4 heteroatoms. The molecular formula is C24H28O4. The Bertz CT molecular complexity index is 861. The van der Waals surface area contributed by atoms with Gasteiger partial charge in [0, 0.05) is 28.2 Å². The van der Waals surface area contributed by atoms with Crippen LogP contribution >= 0.6 is 0 Å². The minimum absolute atomic E-state index is 0.127. The molecule has 0 atom stereocenters. The molecule has 0 radical (unpaired) electrons. The molecule has 0 aliphatic carbocycles. The highest BCUT2D eigenvalue weighted by Gasteiger charge is 2.23. The van der Waals surface area contributed by atoms with Crippen LogP contribution in [0.1, 0.15) is 49.2 Å². The van der Waals surface area contributed by atoms with Gasteiger partial charge in [-0.05, 0) is 56.3 Å². The lowest BCUT2D eigenvalue weighted by Crippen LogP contribution is -2.16. The number of allylic oxidation sites excluding steroid dienone is 2. The van der Waals surface area contributed by atoms with E-state index < -0.39 is 0 Å². The fourth-order valence-electron chi connectivity index (χ4n) is 2.76. The highest BCUT2D eigenvalue weighted by molar-refractivity contribution is 6.07. The zero-order chi connectivity index (χ0) is 20.7. The lowest BCUT2D eigenvalue weighted by Gasteiger charge is -2.25. The summed E-state index contributed by atoms with van der Waals surface area (Å²) in [6, 6.07) is 10.0. The lowest BCUT2D eigenvalue weighted by molar-refractivity contribution is 0.104. The van der Waals surface area contributed by atoms with E-state index in [0.29, 0.717) is 24.5 Å². The second-order valence-corrected chi connectivity index (χ2v) is 6.92. The molecule has 4 nitrogen and oxygen atoms in total. The molecular weight excluding hydrogens is 352 g/mol. The number of aromatic hydroxyl groups is 1. The number of benzene rings is 2. The molecule has 0 bridgehead atoms. The molecule has 0 aromatic heterocycles. The summed E-state index contributed by atoms with van der Waals surface area (Å²) in [7, 11) is 0. The van der Waals surface area contributed by atoms with Gasteiger partial charge in [0.15, 0.2) is 5.78 Å². The topological polar surface area (TPSA) is 55.8 Å². The molecule has 28 heavy (non-hydrogen) atoms. The van der Waals surface area contributed by atoms with Crippen molar-refractivity contribution in [3.63, 3.8) is 0 Å². The second-order valence-electron chi connectivity index (χ2n) is 6.92. The average molecular weight is 380 g/mol. The summed E-state index contributed by atoms with van der Waals surface area (Å²) >= 11 is 0. The fraction of sp³-hybridized carbons (Fsp3) is 0.292. The predicted octanol–water partition coefficient (Wildman–Crippen LogP) is 5.55. The van der Waals surface area contributed by atoms with Crippen LogP contribution in [0.25, 0.3) is 6.08 Å². The molecule has 0 saturated heterocycles. The maximum atomic E-state index is 12.5. The lowest BCUT2D eigenvalue weighted by atomic mass is 9.83. The Balaban J connectivity index is 2.48. The molecule has 2 rings (SSSR count). The summed E-state index contributed by atoms with van der Waals surface area (Å²) in [5.41, 5.74) is 1.97. The number of carbonyl (C=O) groups is 1. The maximum absolute atomic E-state index is 12.5. The van der Waals surface area contributed by atoms with E-state index >= 15 is 0 Å². The molecule has 2 aromatic carbocycles. The summed E-state index contributed by atoms with van der Waals surface area (Å²) in [5.74, 6) is 1.38. The van der Waals surface area contributed by atoms with Crippen LogP contribution in [0.4, 0.5) is 0 Å². The number of ketones is 1. The summed E-state index contributed by atoms with van der Waals surface area (Å²) in [6.45, 7) is 13.0. The van der Waals surface area contributed by atoms with E-state index in [-0.39, 0.29) is 16.9 Å². The molecule has 0 saturated carbocycles. The largest absolute Gasteiger partial charge is 0.508 e. The smallest absolute Gasteiger partial charge is 0.185 e. The van der Waals surface area contributed by atoms with Crippen LogP contribution < -0.4 is 9.47 Å². The third-order valence-corrected chi connectivity index (χ3v) is 4.48. The van der Waals surface area contributed by atoms with Crippen LogP contribution in [-0.2, 0) is 5.41 Å². The Hall–Kier alpha value is -3.01. The average Bonchev–Trinajstić information content (AvgIpc) is 2.68. The van der Waals surface area contributed by atoms with Crippen molar-refractivity contribution >= 4 is 11.9 Å². The fourth-order valence-corrected chi connectivity index (χ4v) is 2.76. The first-order chi connectivity index (χ1) is 13.3. The second kappa shape index (κ2) is 9.27. The standard InChI is InChI=1S/C24H28O4/c1-6-24(4,5)20-15-18(22(27-7-2)16-23(20)28-8-3)11-14-21(26)17-9-12-19(25)13-10-17/h6,9-16,25H,1,7-8H2,2-5H3. The highest BCUT2D eigenvalue weighted by atomic mass is 16.5. The van der Waals surface area contributed by atoms with Crippen molar-refractivity contribution in [3.8, 4) is 17.2 Å². The van der Waals surface area contributed by atoms with E-state index in [2.05, 4.69) is 20.4 Å². The van der Waals surface area contributed by atoms with Crippen LogP contribution in [0.2, 0.25) is 0 Å². The van der Waals surface area contributed by atoms with Crippen molar-refractivity contribution < 1.29 is 19.4 Å². The van der Waals surface area contributed by atoms with Crippen molar-refractivity contribution in [1.82, 2.24) is 0 Å². The van der Waals surface area contributed by atoms with Gasteiger partial charge in [-0.15, -0.1) is 6.58 Å². The first kappa shape index (κ1) is 21.3. The monoisotopic (exact) mass is 380 g/mol. The SMILES string of the molecule is C=CC(C)(C)c1cc(C=CC(=O)c2ccc(O)cc2)c(OCC)cc1OCC. The van der Waals surface area contributed by atoms with Crippen LogP contribution in [0.15, 0.2) is 55.1 Å². The van der Waals surface area contributed by atoms with Crippen LogP contribution in [0.3, 0.4) is 0 Å². The van der Waals surface area contributed by atoms with Crippen LogP contribution in [-0.4, -0.2) is 24.1 Å². The number of hydrogen-bond donors (Lipinski definition) is 1. The zero-order valence-corrected chi connectivity index (χ0v) is 17.0. The molecule has 148 valence electrons. The van der Waals surface area contributed by atoms with Gasteiger partial charge in [0.25, 0.3) is 0 Å².